The van der Waals surface area contributed by atoms with Crippen molar-refractivity contribution in [3.05, 3.63) is 87.9 Å². The van der Waals surface area contributed by atoms with Crippen molar-refractivity contribution in [3.63, 3.8) is 0 Å². The first-order valence-corrected chi connectivity index (χ1v) is 10.5. The maximum atomic E-state index is 13.7. The zero-order chi connectivity index (χ0) is 22.0. The Kier molecular flexibility index (Phi) is 5.95. The molecule has 0 aliphatic carbocycles. The van der Waals surface area contributed by atoms with Crippen LogP contribution in [0.4, 0.5) is 5.69 Å². The zero-order valence-corrected chi connectivity index (χ0v) is 18.7. The van der Waals surface area contributed by atoms with Crippen molar-refractivity contribution in [2.75, 3.05) is 26.1 Å². The number of carbonyl (C=O) groups is 2. The molecule has 7 heteroatoms. The number of nitrogens with one attached hydrogen (secondary N) is 1. The predicted molar refractivity (Wildman–Crippen MR) is 122 cm³/mol. The van der Waals surface area contributed by atoms with Crippen molar-refractivity contribution in [2.45, 2.75) is 6.04 Å². The average molecular weight is 481 g/mol. The fourth-order valence-corrected chi connectivity index (χ4v) is 4.14. The number of carbonyl (C=O) groups excluding carboxylic acids is 2. The molecule has 0 saturated heterocycles. The monoisotopic (exact) mass is 480 g/mol. The Bertz CT molecular complexity index is 1110. The number of amides is 2. The van der Waals surface area contributed by atoms with Gasteiger partial charge in [-0.2, -0.15) is 0 Å². The summed E-state index contributed by atoms with van der Waals surface area (Å²) >= 11 is 3.52. The summed E-state index contributed by atoms with van der Waals surface area (Å²) in [6.07, 6.45) is 0. The average Bonchev–Trinajstić information content (AvgIpc) is 2.94. The third kappa shape index (κ3) is 4.27. The number of methoxy groups -OCH3 is 2. The van der Waals surface area contributed by atoms with Crippen LogP contribution in [0.5, 0.6) is 11.5 Å². The molecular weight excluding hydrogens is 460 g/mol. The highest BCUT2D eigenvalue weighted by Crippen LogP contribution is 2.38. The lowest BCUT2D eigenvalue weighted by atomic mass is 9.95. The predicted octanol–water partition coefficient (Wildman–Crippen LogP) is 4.65. The highest BCUT2D eigenvalue weighted by Gasteiger charge is 2.34. The van der Waals surface area contributed by atoms with E-state index >= 15 is 0 Å². The molecule has 1 N–H and O–H groups in total. The summed E-state index contributed by atoms with van der Waals surface area (Å²) in [6, 6.07) is 19.9. The molecule has 0 aromatic heterocycles. The van der Waals surface area contributed by atoms with Gasteiger partial charge in [0.25, 0.3) is 5.91 Å². The molecule has 0 fully saturated rings. The van der Waals surface area contributed by atoms with Crippen molar-refractivity contribution in [1.82, 2.24) is 4.90 Å². The van der Waals surface area contributed by atoms with E-state index in [0.29, 0.717) is 22.7 Å². The van der Waals surface area contributed by atoms with Crippen molar-refractivity contribution < 1.29 is 19.1 Å². The van der Waals surface area contributed by atoms with Crippen LogP contribution in [0, 0.1) is 0 Å². The Morgan fingerprint density at radius 1 is 1.00 bits per heavy atom. The van der Waals surface area contributed by atoms with E-state index in [9.17, 15) is 9.59 Å². The Morgan fingerprint density at radius 3 is 2.32 bits per heavy atom. The second kappa shape index (κ2) is 8.81. The minimum atomic E-state index is -0.461. The molecule has 2 amide bonds. The second-order valence-corrected chi connectivity index (χ2v) is 8.04. The first-order valence-electron chi connectivity index (χ1n) is 9.68. The fraction of sp³-hybridized carbons (Fsp3) is 0.167. The lowest BCUT2D eigenvalue weighted by molar-refractivity contribution is -0.117. The van der Waals surface area contributed by atoms with Gasteiger partial charge >= 0.3 is 0 Å². The number of ether oxygens (including phenoxy) is 2. The number of hydrogen-bond acceptors (Lipinski definition) is 4. The van der Waals surface area contributed by atoms with E-state index in [4.69, 9.17) is 9.47 Å². The molecule has 0 bridgehead atoms. The largest absolute Gasteiger partial charge is 0.497 e. The molecule has 31 heavy (non-hydrogen) atoms. The molecule has 0 spiro atoms. The topological polar surface area (TPSA) is 67.9 Å². The highest BCUT2D eigenvalue weighted by atomic mass is 79.9. The first-order chi connectivity index (χ1) is 15.0. The van der Waals surface area contributed by atoms with Gasteiger partial charge in [-0.15, -0.1) is 0 Å². The molecule has 0 saturated carbocycles. The Morgan fingerprint density at radius 2 is 1.68 bits per heavy atom. The molecule has 0 radical (unpaired) electrons. The summed E-state index contributed by atoms with van der Waals surface area (Å²) in [5.74, 6) is 0.446. The molecule has 158 valence electrons. The van der Waals surface area contributed by atoms with Crippen LogP contribution in [0.3, 0.4) is 0 Å². The third-order valence-corrected chi connectivity index (χ3v) is 5.68. The van der Waals surface area contributed by atoms with E-state index in [2.05, 4.69) is 21.2 Å². The van der Waals surface area contributed by atoms with Crippen LogP contribution in [0.25, 0.3) is 0 Å². The number of rotatable bonds is 4. The summed E-state index contributed by atoms with van der Waals surface area (Å²) in [5.41, 5.74) is 2.79. The number of benzene rings is 3. The number of hydrogen-bond donors (Lipinski definition) is 1. The maximum Gasteiger partial charge on any atom is 0.255 e. The lowest BCUT2D eigenvalue weighted by Gasteiger charge is -2.31. The summed E-state index contributed by atoms with van der Waals surface area (Å²) in [7, 11) is 3.06. The van der Waals surface area contributed by atoms with Crippen LogP contribution < -0.4 is 14.8 Å². The molecule has 1 unspecified atom stereocenters. The van der Waals surface area contributed by atoms with Crippen LogP contribution in [-0.4, -0.2) is 37.5 Å². The van der Waals surface area contributed by atoms with Gasteiger partial charge < -0.3 is 19.7 Å². The number of anilines is 1. The van der Waals surface area contributed by atoms with Crippen LogP contribution in [-0.2, 0) is 4.79 Å². The SMILES string of the molecule is COc1cc(OC)cc(C(=O)N2CC(=O)Nc3ccc(Br)cc3C2c2ccccc2)c1. The van der Waals surface area contributed by atoms with E-state index in [1.54, 1.807) is 23.1 Å². The second-order valence-electron chi connectivity index (χ2n) is 7.13. The van der Waals surface area contributed by atoms with Gasteiger partial charge in [-0.25, -0.2) is 0 Å². The summed E-state index contributed by atoms with van der Waals surface area (Å²) < 4.78 is 11.5. The van der Waals surface area contributed by atoms with Crippen molar-refractivity contribution >= 4 is 33.4 Å². The van der Waals surface area contributed by atoms with Gasteiger partial charge in [-0.05, 0) is 35.9 Å². The Hall–Kier alpha value is -3.32. The molecule has 6 nitrogen and oxygen atoms in total. The van der Waals surface area contributed by atoms with E-state index < -0.39 is 6.04 Å². The number of nitrogens with zero attached hydrogens (tertiary/aromatic N) is 1. The Labute approximate surface area is 188 Å². The standard InChI is InChI=1S/C24H21BrN2O4/c1-30-18-10-16(11-19(13-18)31-2)24(29)27-14-22(28)26-21-9-8-17(25)12-20(21)23(27)15-6-4-3-5-7-15/h3-13,23H,14H2,1-2H3,(H,26,28). The van der Waals surface area contributed by atoms with Gasteiger partial charge in [-0.3, -0.25) is 9.59 Å². The molecule has 1 aliphatic heterocycles. The minimum absolute atomic E-state index is 0.0930. The molecule has 3 aromatic carbocycles. The molecular formula is C24H21BrN2O4. The quantitative estimate of drug-likeness (QED) is 0.589. The molecule has 4 rings (SSSR count). The van der Waals surface area contributed by atoms with Crippen LogP contribution in [0.1, 0.15) is 27.5 Å². The summed E-state index contributed by atoms with van der Waals surface area (Å²) in [4.78, 5) is 28.1. The first kappa shape index (κ1) is 20.9. The lowest BCUT2D eigenvalue weighted by Crippen LogP contribution is -2.39. The molecule has 1 atom stereocenters. The fourth-order valence-electron chi connectivity index (χ4n) is 3.76. The van der Waals surface area contributed by atoms with Crippen molar-refractivity contribution in [1.29, 1.82) is 0 Å². The summed E-state index contributed by atoms with van der Waals surface area (Å²) in [5, 5.41) is 2.93. The van der Waals surface area contributed by atoms with Crippen LogP contribution in [0.15, 0.2) is 71.2 Å². The maximum absolute atomic E-state index is 13.7. The molecule has 3 aromatic rings. The van der Waals surface area contributed by atoms with Crippen LogP contribution in [0.2, 0.25) is 0 Å². The number of halogens is 1. The van der Waals surface area contributed by atoms with Crippen molar-refractivity contribution in [2.24, 2.45) is 0 Å². The van der Waals surface area contributed by atoms with E-state index in [1.165, 1.54) is 14.2 Å². The van der Waals surface area contributed by atoms with Gasteiger partial charge in [0.15, 0.2) is 0 Å². The number of fused-ring (bicyclic) bond motifs is 1. The van der Waals surface area contributed by atoms with E-state index in [1.807, 2.05) is 48.5 Å². The third-order valence-electron chi connectivity index (χ3n) is 5.18. The highest BCUT2D eigenvalue weighted by molar-refractivity contribution is 9.10. The van der Waals surface area contributed by atoms with Gasteiger partial charge in [0.2, 0.25) is 5.91 Å². The van der Waals surface area contributed by atoms with Crippen molar-refractivity contribution in [3.8, 4) is 11.5 Å². The van der Waals surface area contributed by atoms with Gasteiger partial charge in [0, 0.05) is 27.4 Å². The van der Waals surface area contributed by atoms with E-state index in [0.717, 1.165) is 15.6 Å². The minimum Gasteiger partial charge on any atom is -0.497 e. The van der Waals surface area contributed by atoms with Gasteiger partial charge in [0.05, 0.1) is 20.3 Å². The zero-order valence-electron chi connectivity index (χ0n) is 17.1. The van der Waals surface area contributed by atoms with E-state index in [-0.39, 0.29) is 18.4 Å². The Balaban J connectivity index is 1.88. The van der Waals surface area contributed by atoms with Gasteiger partial charge in [-0.1, -0.05) is 46.3 Å². The molecule has 1 aliphatic rings. The normalized spacial score (nSPS) is 15.5. The van der Waals surface area contributed by atoms with Crippen LogP contribution >= 0.6 is 15.9 Å². The van der Waals surface area contributed by atoms with Gasteiger partial charge in [0.1, 0.15) is 18.0 Å². The smallest absolute Gasteiger partial charge is 0.255 e. The summed E-state index contributed by atoms with van der Waals surface area (Å²) in [6.45, 7) is -0.0930. The molecule has 1 heterocycles.